The number of carbonyl (C=O) groups is 4. The Hall–Kier alpha value is -12.1. The van der Waals surface area contributed by atoms with E-state index in [2.05, 4.69) is 155 Å². The van der Waals surface area contributed by atoms with Crippen molar-refractivity contribution in [3.63, 3.8) is 0 Å². The second-order valence-corrected chi connectivity index (χ2v) is 38.9. The standard InChI is InChI=1S/C31H28N2O2.C28H23F3N2O2.C26H24N2O.C23H17F6NO5S.C5H4O2.CH2O3.CH4O.2K.H/c1-2-8-22(9-3-1)32-28-13-6-12-27-30(26-11-4-5-14-29(26)35-31(27)28)21-18-23-15-16-24(19-21)33(23)20-25-10-7-17-34-25;29-28(30,31)27(34)33-19-13-14-20(33)16-17(15-19)25-21-9-4-5-12-24(21)35-26-22(25)10-6-11-23(26)32-18-7-2-1-3-8-18;1-2-7-18(8-3-1)28-23-11-6-10-22-25(17-15-19-13-14-20(16-17)27-19)21-9-4-5-12-24(21)29-26(22)23;24-22(25,26)21(31)30-13-8-9-14(30)11-12(10-13)19-15-4-1-2-6-17(15)34-20-16(19)5-3-7-18(20)35-36(32,33)23(27,28)29;6-4-5-2-1-3-7-5;2-1-4-3;1-2;;;/h1-14,17,23-24,32H,15-16,18-20H2;1-12,19-20,32H,13-16H2;1-12,19-20,27-28H,13-16H2;1-7,13-14H,8-11H2;1-4H;1,3H;2H,1H3;;;/q;;;;;;;2*+1;-1/p-1. The van der Waals surface area contributed by atoms with Gasteiger partial charge in [-0.05, 0) is 234 Å². The zero-order valence-corrected chi connectivity index (χ0v) is 88.9. The number of ether oxygens (including phenoxy) is 4. The van der Waals surface area contributed by atoms with Crippen LogP contribution in [0.5, 0.6) is 51.7 Å². The first-order chi connectivity index (χ1) is 71.7. The number of hydrogen-bond donors (Lipinski definition) is 5. The number of aliphatic hydroxyl groups is 1. The summed E-state index contributed by atoms with van der Waals surface area (Å²) in [5, 5.41) is 29.8. The molecule has 13 aromatic rings. The summed E-state index contributed by atoms with van der Waals surface area (Å²) in [5.74, 6) is 2.28. The van der Waals surface area contributed by atoms with E-state index >= 15 is 0 Å². The van der Waals surface area contributed by atoms with Crippen LogP contribution >= 0.6 is 0 Å². The van der Waals surface area contributed by atoms with Gasteiger partial charge in [-0.15, -0.1) is 0 Å². The van der Waals surface area contributed by atoms with E-state index in [1.54, 1.807) is 47.7 Å². The molecule has 0 spiro atoms. The number of rotatable bonds is 12. The number of carbonyl (C=O) groups excluding carboxylic acids is 4. The fraction of sp³-hybridized carbons (Fsp3) is 0.252. The number of alkyl halides is 9. The Balaban J connectivity index is 0.000000137. The monoisotopic (exact) mass is 2120 g/mol. The maximum absolute atomic E-state index is 13.3. The number of piperidine rings is 4. The smallest absolute Gasteiger partial charge is 1.00 e. The van der Waals surface area contributed by atoms with Crippen LogP contribution in [-0.4, -0.2) is 126 Å². The molecule has 8 atom stereocenters. The van der Waals surface area contributed by atoms with Gasteiger partial charge in [0, 0.05) is 117 Å². The van der Waals surface area contributed by atoms with Gasteiger partial charge >= 0.3 is 143 Å². The van der Waals surface area contributed by atoms with E-state index in [4.69, 9.17) is 38.5 Å². The van der Waals surface area contributed by atoms with Gasteiger partial charge in [-0.25, -0.2) is 0 Å². The third-order valence-corrected chi connectivity index (χ3v) is 29.4. The molecule has 35 heteroatoms. The van der Waals surface area contributed by atoms with Crippen LogP contribution in [0.3, 0.4) is 0 Å². The third kappa shape index (κ3) is 23.7. The van der Waals surface area contributed by atoms with Crippen LogP contribution in [-0.2, 0) is 35.9 Å². The predicted molar refractivity (Wildman–Crippen MR) is 539 cm³/mol. The molecule has 0 aliphatic carbocycles. The van der Waals surface area contributed by atoms with Crippen molar-refractivity contribution < 1.29 is 219 Å². The molecule has 2 amide bonds. The minimum atomic E-state index is -5.99. The van der Waals surface area contributed by atoms with Gasteiger partial charge in [0.25, 0.3) is 6.47 Å². The van der Waals surface area contributed by atoms with E-state index in [0.29, 0.717) is 103 Å². The van der Waals surface area contributed by atoms with Crippen LogP contribution in [0.2, 0.25) is 0 Å². The molecule has 764 valence electrons. The molecule has 5 N–H and O–H groups in total. The van der Waals surface area contributed by atoms with Gasteiger partial charge in [0.15, 0.2) is 40.8 Å². The second kappa shape index (κ2) is 47.8. The molecule has 2 aromatic heterocycles. The molecule has 0 radical (unpaired) electrons. The molecule has 8 unspecified atom stereocenters. The summed E-state index contributed by atoms with van der Waals surface area (Å²) in [5.41, 5.74) is 16.9. The number of nitrogens with one attached hydrogen (secondary N) is 4. The molecule has 8 saturated heterocycles. The fourth-order valence-corrected chi connectivity index (χ4v) is 23.0. The van der Waals surface area contributed by atoms with Crippen molar-refractivity contribution in [2.45, 2.75) is 175 Å². The first kappa shape index (κ1) is 109. The van der Waals surface area contributed by atoms with Crippen molar-refractivity contribution in [3.05, 3.63) is 376 Å². The van der Waals surface area contributed by atoms with Gasteiger partial charge in [-0.1, -0.05) is 198 Å². The van der Waals surface area contributed by atoms with Crippen LogP contribution in [0.25, 0.3) is 22.3 Å². The number of fused-ring (bicyclic) bond motifs is 16. The number of anilines is 6. The maximum Gasteiger partial charge on any atom is 1.00 e. The zero-order valence-electron chi connectivity index (χ0n) is 82.8. The number of hydrogen-bond acceptors (Lipinski definition) is 21. The van der Waals surface area contributed by atoms with E-state index in [1.165, 1.54) is 83.5 Å². The Labute approximate surface area is 946 Å². The summed E-state index contributed by atoms with van der Waals surface area (Å²) in [7, 11) is -4.99. The Bertz CT molecular complexity index is 7270. The van der Waals surface area contributed by atoms with Crippen molar-refractivity contribution in [2.75, 3.05) is 23.1 Å². The molecule has 8 fully saturated rings. The number of aliphatic hydroxyl groups excluding tert-OH is 1. The SMILES string of the molecule is CO.O=C(N1C2CCC1CC(=C1c3ccccc3Oc3c(Nc4ccccc4)cccc31)C2)C(F)(F)F.O=C(N1C2CCC1CC(=C1c3ccccc3Oc3c(OS(=O)(=O)C(F)(F)F)cccc31)C2)C(F)(F)F.O=CO[O-].O=Cc1ccco1.[H-].[K+].[K+].c1ccc(Nc2cccc3c2Oc2ccccc2C3=C2CC3CCC(C2)N3)cc1.c1ccc(Nc2cccc3c2Oc2ccccc2C3=C2CC3CCC(C2)N3Cc2ccco2)cc1. The minimum absolute atomic E-state index is 0. The first-order valence-corrected chi connectivity index (χ1v) is 50.1. The molecule has 14 heterocycles. The molecule has 11 aromatic carbocycles. The number of para-hydroxylation sites is 11. The quantitative estimate of drug-likeness (QED) is 0.0144. The minimum Gasteiger partial charge on any atom is -1.00 e. The van der Waals surface area contributed by atoms with Crippen LogP contribution in [0.15, 0.2) is 329 Å². The van der Waals surface area contributed by atoms with E-state index in [9.17, 15) is 62.3 Å². The van der Waals surface area contributed by atoms with Crippen LogP contribution in [0.4, 0.5) is 73.6 Å². The topological polar surface area (TPSA) is 285 Å². The number of amides is 2. The zero-order chi connectivity index (χ0) is 103. The molecular weight excluding hydrogens is 2020 g/mol. The molecule has 8 bridgehead atoms. The fourth-order valence-electron chi connectivity index (χ4n) is 22.5. The number of benzene rings is 11. The Kier molecular flexibility index (Phi) is 34.8. The Morgan fingerprint density at radius 3 is 1.02 bits per heavy atom. The molecule has 25 rings (SSSR count). The molecule has 0 saturated carbocycles. The van der Waals surface area contributed by atoms with Gasteiger partial charge in [0.2, 0.25) is 0 Å². The molecule has 23 nitrogen and oxygen atoms in total. The van der Waals surface area contributed by atoms with Crippen LogP contribution < -0.4 is 152 Å². The third-order valence-electron chi connectivity index (χ3n) is 28.4. The maximum atomic E-state index is 13.3. The van der Waals surface area contributed by atoms with Gasteiger partial charge in [0.1, 0.15) is 28.8 Å². The Morgan fingerprint density at radius 2 is 0.700 bits per heavy atom. The van der Waals surface area contributed by atoms with Crippen molar-refractivity contribution in [1.82, 2.24) is 20.0 Å². The summed E-state index contributed by atoms with van der Waals surface area (Å²) in [6.07, 6.45) is 6.64. The number of furan rings is 2. The number of halogens is 9. The summed E-state index contributed by atoms with van der Waals surface area (Å²) in [6.45, 7) is 0.729. The van der Waals surface area contributed by atoms with Crippen molar-refractivity contribution >= 4 is 91.1 Å². The van der Waals surface area contributed by atoms with Gasteiger partial charge < -0.3 is 79.7 Å². The van der Waals surface area contributed by atoms with E-state index in [-0.39, 0.29) is 141 Å². The molecule has 12 aliphatic heterocycles. The van der Waals surface area contributed by atoms with E-state index in [0.717, 1.165) is 140 Å². The van der Waals surface area contributed by atoms with Gasteiger partial charge in [-0.3, -0.25) is 24.1 Å². The summed E-state index contributed by atoms with van der Waals surface area (Å²) >= 11 is 0. The summed E-state index contributed by atoms with van der Waals surface area (Å²) in [4.78, 5) is 49.8. The van der Waals surface area contributed by atoms with Crippen LogP contribution in [0, 0.1) is 0 Å². The normalized spacial score (nSPS) is 19.7. The Morgan fingerprint density at radius 1 is 0.393 bits per heavy atom. The summed E-state index contributed by atoms with van der Waals surface area (Å²) < 4.78 is 181. The molecule has 12 aliphatic rings. The van der Waals surface area contributed by atoms with E-state index < -0.39 is 69.7 Å². The van der Waals surface area contributed by atoms with Crippen molar-refractivity contribution in [2.24, 2.45) is 0 Å². The number of nitrogens with zero attached hydrogens (tertiary/aromatic N) is 3. The first-order valence-electron chi connectivity index (χ1n) is 48.7. The number of aldehydes is 1. The predicted octanol–water partition coefficient (Wildman–Crippen LogP) is 19.9. The van der Waals surface area contributed by atoms with Crippen LogP contribution in [0.1, 0.15) is 165 Å². The largest absolute Gasteiger partial charge is 1.00 e. The van der Waals surface area contributed by atoms with Crippen molar-refractivity contribution in [3.8, 4) is 51.7 Å². The second-order valence-electron chi connectivity index (χ2n) is 37.4. The average molecular weight is 2120 g/mol. The van der Waals surface area contributed by atoms with Gasteiger partial charge in [-0.2, -0.15) is 47.9 Å². The molecule has 150 heavy (non-hydrogen) atoms. The molecular formula is C115H102F9K2N7O16S. The van der Waals surface area contributed by atoms with Crippen molar-refractivity contribution in [1.29, 1.82) is 0 Å². The van der Waals surface area contributed by atoms with E-state index in [1.807, 2.05) is 115 Å². The average Bonchev–Trinajstić information content (AvgIpc) is 1.62. The van der Waals surface area contributed by atoms with Gasteiger partial charge in [0.05, 0.1) is 36.1 Å². The summed E-state index contributed by atoms with van der Waals surface area (Å²) in [6, 6.07) is 91.8.